The summed E-state index contributed by atoms with van der Waals surface area (Å²) < 4.78 is 7.36. The first-order chi connectivity index (χ1) is 14.8. The number of nitrogens with zero attached hydrogens (tertiary/aromatic N) is 6. The van der Waals surface area contributed by atoms with Gasteiger partial charge in [-0.2, -0.15) is 0 Å². The highest BCUT2D eigenvalue weighted by molar-refractivity contribution is 7.10. The molecule has 1 amide bonds. The van der Waals surface area contributed by atoms with Crippen LogP contribution < -0.4 is 0 Å². The standard InChI is InChI=1S/C21H26N6O2S/c28-21(17-8-4-14-29-17)26-12-10-25(11-13-26)19(18-9-5-15-30-18)20-22-23-24-27(20)16-6-2-1-3-7-16/h4-5,8-9,14-16,19H,1-3,6-7,10-13H2/t19-/m1/s1. The number of hydrogen-bond donors (Lipinski definition) is 0. The van der Waals surface area contributed by atoms with Crippen molar-refractivity contribution in [2.75, 3.05) is 26.2 Å². The lowest BCUT2D eigenvalue weighted by atomic mass is 9.95. The molecule has 2 aliphatic rings. The molecule has 1 aliphatic carbocycles. The Morgan fingerprint density at radius 2 is 1.93 bits per heavy atom. The number of tetrazole rings is 1. The summed E-state index contributed by atoms with van der Waals surface area (Å²) in [6.07, 6.45) is 7.60. The first-order valence-electron chi connectivity index (χ1n) is 10.7. The number of carbonyl (C=O) groups is 1. The first kappa shape index (κ1) is 19.4. The van der Waals surface area contributed by atoms with E-state index in [4.69, 9.17) is 4.42 Å². The molecule has 9 heteroatoms. The van der Waals surface area contributed by atoms with Crippen LogP contribution in [-0.4, -0.2) is 62.1 Å². The van der Waals surface area contributed by atoms with Gasteiger partial charge in [-0.1, -0.05) is 25.3 Å². The normalized spacial score (nSPS) is 19.8. The fraction of sp³-hybridized carbons (Fsp3) is 0.524. The number of amides is 1. The lowest BCUT2D eigenvalue weighted by molar-refractivity contribution is 0.0559. The maximum Gasteiger partial charge on any atom is 0.289 e. The van der Waals surface area contributed by atoms with E-state index < -0.39 is 0 Å². The predicted octanol–water partition coefficient (Wildman–Crippen LogP) is 3.38. The highest BCUT2D eigenvalue weighted by Crippen LogP contribution is 2.35. The van der Waals surface area contributed by atoms with Crippen molar-refractivity contribution in [3.8, 4) is 0 Å². The van der Waals surface area contributed by atoms with E-state index in [1.165, 1.54) is 24.1 Å². The van der Waals surface area contributed by atoms with Gasteiger partial charge >= 0.3 is 0 Å². The molecule has 1 aliphatic heterocycles. The van der Waals surface area contributed by atoms with Crippen LogP contribution in [0.15, 0.2) is 40.3 Å². The molecular weight excluding hydrogens is 400 g/mol. The zero-order valence-electron chi connectivity index (χ0n) is 16.9. The summed E-state index contributed by atoms with van der Waals surface area (Å²) in [5.74, 6) is 1.29. The fourth-order valence-electron chi connectivity index (χ4n) is 4.62. The molecule has 3 aromatic heterocycles. The van der Waals surface area contributed by atoms with E-state index in [-0.39, 0.29) is 11.9 Å². The summed E-state index contributed by atoms with van der Waals surface area (Å²) in [6, 6.07) is 8.12. The second kappa shape index (κ2) is 8.69. The van der Waals surface area contributed by atoms with Crippen molar-refractivity contribution in [3.63, 3.8) is 0 Å². The summed E-state index contributed by atoms with van der Waals surface area (Å²) in [6.45, 7) is 2.86. The number of carbonyl (C=O) groups excluding carboxylic acids is 1. The van der Waals surface area contributed by atoms with Crippen LogP contribution in [0.4, 0.5) is 0 Å². The van der Waals surface area contributed by atoms with Crippen molar-refractivity contribution in [1.82, 2.24) is 30.0 Å². The van der Waals surface area contributed by atoms with Crippen molar-refractivity contribution in [3.05, 3.63) is 52.4 Å². The number of hydrogen-bond acceptors (Lipinski definition) is 7. The zero-order valence-corrected chi connectivity index (χ0v) is 17.7. The minimum absolute atomic E-state index is 0.0165. The van der Waals surface area contributed by atoms with Crippen molar-refractivity contribution in [2.24, 2.45) is 0 Å². The van der Waals surface area contributed by atoms with E-state index in [9.17, 15) is 4.79 Å². The van der Waals surface area contributed by atoms with E-state index in [1.54, 1.807) is 29.7 Å². The minimum Gasteiger partial charge on any atom is -0.459 e. The second-order valence-electron chi connectivity index (χ2n) is 8.00. The summed E-state index contributed by atoms with van der Waals surface area (Å²) >= 11 is 1.74. The van der Waals surface area contributed by atoms with Crippen LogP contribution in [0.3, 0.4) is 0 Å². The number of furan rings is 1. The van der Waals surface area contributed by atoms with Crippen LogP contribution >= 0.6 is 11.3 Å². The van der Waals surface area contributed by atoms with Gasteiger partial charge in [0, 0.05) is 31.1 Å². The van der Waals surface area contributed by atoms with Gasteiger partial charge in [-0.3, -0.25) is 9.69 Å². The first-order valence-corrected chi connectivity index (χ1v) is 11.6. The van der Waals surface area contributed by atoms with Crippen molar-refractivity contribution < 1.29 is 9.21 Å². The lowest BCUT2D eigenvalue weighted by Gasteiger charge is -2.38. The summed E-state index contributed by atoms with van der Waals surface area (Å²) in [7, 11) is 0. The van der Waals surface area contributed by atoms with Crippen molar-refractivity contribution in [2.45, 2.75) is 44.2 Å². The smallest absolute Gasteiger partial charge is 0.289 e. The molecule has 0 unspecified atom stereocenters. The number of thiophene rings is 1. The van der Waals surface area contributed by atoms with Gasteiger partial charge in [-0.25, -0.2) is 4.68 Å². The van der Waals surface area contributed by atoms with E-state index in [2.05, 4.69) is 42.6 Å². The Morgan fingerprint density at radius 3 is 2.63 bits per heavy atom. The van der Waals surface area contributed by atoms with E-state index in [0.29, 0.717) is 24.9 Å². The van der Waals surface area contributed by atoms with Crippen LogP contribution in [-0.2, 0) is 0 Å². The molecule has 4 heterocycles. The molecule has 30 heavy (non-hydrogen) atoms. The summed E-state index contributed by atoms with van der Waals surface area (Å²) in [4.78, 5) is 18.1. The van der Waals surface area contributed by atoms with Gasteiger partial charge in [0.25, 0.3) is 5.91 Å². The van der Waals surface area contributed by atoms with Crippen molar-refractivity contribution >= 4 is 17.2 Å². The van der Waals surface area contributed by atoms with Crippen LogP contribution in [0.2, 0.25) is 0 Å². The molecule has 0 N–H and O–H groups in total. The van der Waals surface area contributed by atoms with Gasteiger partial charge in [0.15, 0.2) is 11.6 Å². The molecule has 1 saturated carbocycles. The largest absolute Gasteiger partial charge is 0.459 e. The Morgan fingerprint density at radius 1 is 1.10 bits per heavy atom. The highest BCUT2D eigenvalue weighted by atomic mass is 32.1. The van der Waals surface area contributed by atoms with Gasteiger partial charge in [0.05, 0.1) is 12.3 Å². The molecule has 0 bridgehead atoms. The Bertz CT molecular complexity index is 940. The van der Waals surface area contributed by atoms with Gasteiger partial charge in [-0.05, 0) is 46.8 Å². The third kappa shape index (κ3) is 3.79. The molecule has 3 aromatic rings. The van der Waals surface area contributed by atoms with E-state index in [1.807, 2.05) is 4.90 Å². The second-order valence-corrected chi connectivity index (χ2v) is 8.98. The molecule has 1 saturated heterocycles. The monoisotopic (exact) mass is 426 g/mol. The quantitative estimate of drug-likeness (QED) is 0.622. The van der Waals surface area contributed by atoms with Crippen LogP contribution in [0.1, 0.15) is 65.4 Å². The molecular formula is C21H26N6O2S. The summed E-state index contributed by atoms with van der Waals surface area (Å²) in [5, 5.41) is 15.1. The molecule has 2 fully saturated rings. The molecule has 0 spiro atoms. The average Bonchev–Trinajstić information content (AvgIpc) is 3.57. The van der Waals surface area contributed by atoms with E-state index >= 15 is 0 Å². The SMILES string of the molecule is O=C(c1ccco1)N1CCN([C@H](c2cccs2)c2nnnn2C2CCCCC2)CC1. The highest BCUT2D eigenvalue weighted by Gasteiger charge is 2.34. The Kier molecular flexibility index (Phi) is 5.63. The van der Waals surface area contributed by atoms with Crippen LogP contribution in [0.5, 0.6) is 0 Å². The molecule has 0 radical (unpaired) electrons. The predicted molar refractivity (Wildman–Crippen MR) is 112 cm³/mol. The lowest BCUT2D eigenvalue weighted by Crippen LogP contribution is -2.50. The summed E-state index contributed by atoms with van der Waals surface area (Å²) in [5.41, 5.74) is 0. The molecule has 8 nitrogen and oxygen atoms in total. The maximum atomic E-state index is 12.6. The Labute approximate surface area is 179 Å². The zero-order chi connectivity index (χ0) is 20.3. The van der Waals surface area contributed by atoms with Gasteiger partial charge in [0.2, 0.25) is 0 Å². The number of rotatable bonds is 5. The van der Waals surface area contributed by atoms with Gasteiger partial charge in [-0.15, -0.1) is 16.4 Å². The Hall–Kier alpha value is -2.52. The third-order valence-corrected chi connectivity index (χ3v) is 7.12. The van der Waals surface area contributed by atoms with E-state index in [0.717, 1.165) is 31.8 Å². The molecule has 5 rings (SSSR count). The fourth-order valence-corrected chi connectivity index (χ4v) is 5.48. The van der Waals surface area contributed by atoms with Gasteiger partial charge < -0.3 is 9.32 Å². The Balaban J connectivity index is 1.37. The minimum atomic E-state index is -0.0423. The van der Waals surface area contributed by atoms with Crippen LogP contribution in [0.25, 0.3) is 0 Å². The number of piperazine rings is 1. The average molecular weight is 427 g/mol. The molecule has 158 valence electrons. The maximum absolute atomic E-state index is 12.6. The number of aromatic nitrogens is 4. The molecule has 1 atom stereocenters. The topological polar surface area (TPSA) is 80.3 Å². The third-order valence-electron chi connectivity index (χ3n) is 6.19. The van der Waals surface area contributed by atoms with Crippen LogP contribution in [0, 0.1) is 0 Å². The van der Waals surface area contributed by atoms with Crippen molar-refractivity contribution in [1.29, 1.82) is 0 Å². The molecule has 0 aromatic carbocycles. The van der Waals surface area contributed by atoms with Gasteiger partial charge in [0.1, 0.15) is 6.04 Å².